The van der Waals surface area contributed by atoms with E-state index in [9.17, 15) is 20.1 Å². The molecule has 0 bridgehead atoms. The number of ether oxygens (including phenoxy) is 7. The van der Waals surface area contributed by atoms with Crippen LogP contribution in [0.2, 0.25) is 0 Å². The number of cyclic esters (lactones) is 1. The van der Waals surface area contributed by atoms with E-state index in [0.717, 1.165) is 24.9 Å². The van der Waals surface area contributed by atoms with Crippen molar-refractivity contribution in [2.45, 2.75) is 211 Å². The van der Waals surface area contributed by atoms with Gasteiger partial charge in [0.05, 0.1) is 41.5 Å². The number of aryl methyl sites for hydroxylation is 1. The predicted molar refractivity (Wildman–Crippen MR) is 261 cm³/mol. The van der Waals surface area contributed by atoms with Crippen LogP contribution in [-0.2, 0) is 44.4 Å². The molecule has 4 heterocycles. The van der Waals surface area contributed by atoms with Crippen LogP contribution in [0.25, 0.3) is 0 Å². The van der Waals surface area contributed by atoms with Gasteiger partial charge in [-0.1, -0.05) is 32.9 Å². The van der Waals surface area contributed by atoms with Gasteiger partial charge in [-0.2, -0.15) is 0 Å². The summed E-state index contributed by atoms with van der Waals surface area (Å²) in [6, 6.07) is 7.39. The average molecular weight is 963 g/mol. The molecule has 0 unspecified atom stereocenters. The highest BCUT2D eigenvalue weighted by Crippen LogP contribution is 2.46. The van der Waals surface area contributed by atoms with Crippen LogP contribution in [0.5, 0.6) is 0 Å². The highest BCUT2D eigenvalue weighted by atomic mass is 16.7. The number of nitrogen functional groups attached to an aromatic ring is 1. The average Bonchev–Trinajstić information content (AvgIpc) is 3.28. The Hall–Kier alpha value is -2.65. The van der Waals surface area contributed by atoms with Crippen molar-refractivity contribution < 1.29 is 53.3 Å². The van der Waals surface area contributed by atoms with Crippen LogP contribution in [0.4, 0.5) is 5.69 Å². The standard InChI is InChI=1S/C51H90N6O11/c1-14-40-51(10,61)44(58)34(6)56(12)28-30(2)26-50(9)46(32(4)42(33(5)47(60)65-40)66-41-27-49(8,62-13)45(59)35(7)64-41)67-48-43(68-50)39(25-31(3)63-48)55(11)24-22-38(53)29-57(54)23-16-15-17-36-18-20-37(52)21-19-36/h18-21,29-35,39-46,48,58-59,61H,14-17,22-28,52-54H2,1-13H3/b38-29-/t30-,31-,32+,33-,34-,35+,39+,40-,41+,42+,43-,44-,45+,46-,48+,49-,50-,51-/m1/s1. The number of benzene rings is 1. The zero-order valence-electron chi connectivity index (χ0n) is 43.5. The smallest absolute Gasteiger partial charge is 0.311 e. The van der Waals surface area contributed by atoms with Crippen LogP contribution in [0.15, 0.2) is 36.2 Å². The SMILES string of the molecule is CC[C@H]1OC(=O)[C@H](C)[C@@H](O[C@H]2C[C@@](C)(OC)[C@@H](O)[C@H](C)O2)[C@H](C)[C@H]2O[C@@H]3O[C@H](C)C[C@H](N(C)CC/C(N)=C/N(N)CCCCc4ccc(N)cc4)[C@H]3O[C@]2(C)C[C@@H](C)CN(C)[C@H](C)[C@@H](O)[C@]1(C)O. The molecule has 18 atom stereocenters. The van der Waals surface area contributed by atoms with Crippen LogP contribution in [0.3, 0.4) is 0 Å². The zero-order chi connectivity index (χ0) is 50.5. The molecule has 1 aromatic carbocycles. The van der Waals surface area contributed by atoms with Gasteiger partial charge in [0.1, 0.15) is 30.0 Å². The minimum atomic E-state index is -1.78. The minimum Gasteiger partial charge on any atom is -0.459 e. The van der Waals surface area contributed by atoms with Gasteiger partial charge < -0.3 is 74.8 Å². The number of anilines is 1. The number of aliphatic hydroxyl groups is 3. The lowest BCUT2D eigenvalue weighted by atomic mass is 9.76. The first-order valence-corrected chi connectivity index (χ1v) is 25.2. The van der Waals surface area contributed by atoms with Crippen molar-refractivity contribution >= 4 is 11.7 Å². The first-order chi connectivity index (χ1) is 31.8. The molecule has 0 aromatic heterocycles. The number of fused-ring (bicyclic) bond motifs is 2. The topological polar surface area (TPSA) is 230 Å². The summed E-state index contributed by atoms with van der Waals surface area (Å²) in [5.41, 5.74) is 11.4. The summed E-state index contributed by atoms with van der Waals surface area (Å²) < 4.78 is 46.5. The van der Waals surface area contributed by atoms with Gasteiger partial charge in [-0.25, -0.2) is 5.84 Å². The lowest BCUT2D eigenvalue weighted by molar-refractivity contribution is -0.378. The van der Waals surface area contributed by atoms with Crippen LogP contribution in [0, 0.1) is 17.8 Å². The number of carbonyl (C=O) groups excluding carboxylic acids is 1. The van der Waals surface area contributed by atoms with E-state index in [1.54, 1.807) is 26.0 Å². The van der Waals surface area contributed by atoms with Gasteiger partial charge in [-0.05, 0) is 125 Å². The Bertz CT molecular complexity index is 1780. The summed E-state index contributed by atoms with van der Waals surface area (Å²) in [7, 11) is 5.56. The number of nitrogens with zero attached hydrogens (tertiary/aromatic N) is 3. The van der Waals surface area contributed by atoms with E-state index in [1.807, 2.05) is 64.9 Å². The molecule has 4 aliphatic heterocycles. The number of hydrazine groups is 1. The third-order valence-electron chi connectivity index (χ3n) is 15.7. The molecule has 5 rings (SSSR count). The predicted octanol–water partition coefficient (Wildman–Crippen LogP) is 4.29. The maximum atomic E-state index is 14.5. The second kappa shape index (κ2) is 23.7. The Kier molecular flexibility index (Phi) is 19.6. The molecular formula is C51H90N6O11. The highest BCUT2D eigenvalue weighted by Gasteiger charge is 2.57. The lowest BCUT2D eigenvalue weighted by Gasteiger charge is -2.56. The van der Waals surface area contributed by atoms with E-state index < -0.39 is 96.0 Å². The fraction of sp³-hybridized carbons (Fsp3) is 0.824. The number of nitrogens with two attached hydrogens (primary N) is 3. The van der Waals surface area contributed by atoms with E-state index >= 15 is 0 Å². The maximum absolute atomic E-state index is 14.5. The summed E-state index contributed by atoms with van der Waals surface area (Å²) in [6.07, 6.45) is -0.681. The van der Waals surface area contributed by atoms with Gasteiger partial charge in [-0.3, -0.25) is 4.79 Å². The minimum absolute atomic E-state index is 0.00844. The second-order valence-corrected chi connectivity index (χ2v) is 21.6. The molecule has 1 aromatic rings. The number of rotatable bonds is 14. The first kappa shape index (κ1) is 56.3. The quantitative estimate of drug-likeness (QED) is 0.0502. The van der Waals surface area contributed by atoms with E-state index in [0.29, 0.717) is 44.6 Å². The first-order valence-electron chi connectivity index (χ1n) is 25.2. The van der Waals surface area contributed by atoms with Gasteiger partial charge in [0.25, 0.3) is 0 Å². The fourth-order valence-corrected chi connectivity index (χ4v) is 11.3. The molecular weight excluding hydrogens is 873 g/mol. The van der Waals surface area contributed by atoms with E-state index in [4.69, 9.17) is 50.5 Å². The van der Waals surface area contributed by atoms with Crippen molar-refractivity contribution in [3.63, 3.8) is 0 Å². The van der Waals surface area contributed by atoms with Crippen molar-refractivity contribution in [3.8, 4) is 0 Å². The summed E-state index contributed by atoms with van der Waals surface area (Å²) >= 11 is 0. The number of hydrogen-bond donors (Lipinski definition) is 6. The summed E-state index contributed by atoms with van der Waals surface area (Å²) in [4.78, 5) is 18.8. The van der Waals surface area contributed by atoms with Gasteiger partial charge in [0, 0.05) is 75.2 Å². The molecule has 4 saturated heterocycles. The molecule has 0 spiro atoms. The molecule has 0 saturated carbocycles. The molecule has 0 aliphatic carbocycles. The number of methoxy groups -OCH3 is 1. The second-order valence-electron chi connectivity index (χ2n) is 21.6. The fourth-order valence-electron chi connectivity index (χ4n) is 11.3. The number of carbonyl (C=O) groups is 1. The Morgan fingerprint density at radius 2 is 1.66 bits per heavy atom. The monoisotopic (exact) mass is 963 g/mol. The Morgan fingerprint density at radius 3 is 2.31 bits per heavy atom. The number of unbranched alkanes of at least 4 members (excludes halogenated alkanes) is 1. The third kappa shape index (κ3) is 13.4. The summed E-state index contributed by atoms with van der Waals surface area (Å²) in [6.45, 7) is 20.7. The molecule has 4 aliphatic rings. The number of likely N-dealkylation sites (N-methyl/N-ethyl adjacent to an activating group) is 2. The summed E-state index contributed by atoms with van der Waals surface area (Å²) in [5, 5.41) is 36.4. The molecule has 0 amide bonds. The lowest BCUT2D eigenvalue weighted by Crippen LogP contribution is -2.68. The van der Waals surface area contributed by atoms with Crippen LogP contribution < -0.4 is 17.3 Å². The van der Waals surface area contributed by atoms with E-state index in [-0.39, 0.29) is 30.9 Å². The Morgan fingerprint density at radius 1 is 0.985 bits per heavy atom. The van der Waals surface area contributed by atoms with Gasteiger partial charge in [-0.15, -0.1) is 0 Å². The van der Waals surface area contributed by atoms with Gasteiger partial charge >= 0.3 is 5.97 Å². The molecule has 390 valence electrons. The largest absolute Gasteiger partial charge is 0.459 e. The normalized spacial score (nSPS) is 41.5. The Balaban J connectivity index is 1.41. The molecule has 0 radical (unpaired) electrons. The van der Waals surface area contributed by atoms with Crippen LogP contribution in [0.1, 0.15) is 120 Å². The highest BCUT2D eigenvalue weighted by molar-refractivity contribution is 5.73. The van der Waals surface area contributed by atoms with Crippen molar-refractivity contribution in [3.05, 3.63) is 41.7 Å². The summed E-state index contributed by atoms with van der Waals surface area (Å²) in [5.74, 6) is 4.34. The molecule has 4 fully saturated rings. The van der Waals surface area contributed by atoms with Gasteiger partial charge in [0.2, 0.25) is 0 Å². The van der Waals surface area contributed by atoms with Crippen LogP contribution in [-0.4, -0.2) is 167 Å². The molecule has 17 nitrogen and oxygen atoms in total. The van der Waals surface area contributed by atoms with Crippen LogP contribution >= 0.6 is 0 Å². The number of hydrogen-bond acceptors (Lipinski definition) is 17. The Labute approximate surface area is 407 Å². The van der Waals surface area contributed by atoms with Crippen molar-refractivity contribution in [2.24, 2.45) is 29.3 Å². The maximum Gasteiger partial charge on any atom is 0.311 e. The third-order valence-corrected chi connectivity index (χ3v) is 15.7. The van der Waals surface area contributed by atoms with E-state index in [2.05, 4.69) is 37.9 Å². The molecule has 9 N–H and O–H groups in total. The van der Waals surface area contributed by atoms with Crippen molar-refractivity contribution in [1.82, 2.24) is 14.8 Å². The molecule has 68 heavy (non-hydrogen) atoms. The van der Waals surface area contributed by atoms with Crippen molar-refractivity contribution in [2.75, 3.05) is 46.6 Å². The zero-order valence-corrected chi connectivity index (χ0v) is 43.5. The van der Waals surface area contributed by atoms with E-state index in [1.165, 1.54) is 12.5 Å². The number of aliphatic hydroxyl groups excluding tert-OH is 2. The number of esters is 1. The van der Waals surface area contributed by atoms with Gasteiger partial charge in [0.15, 0.2) is 12.6 Å². The van der Waals surface area contributed by atoms with Crippen molar-refractivity contribution in [1.29, 1.82) is 0 Å². The molecule has 17 heteroatoms.